The SMILES string of the molecule is CC1OCCC1(O)CNC(=O)Nc1ccccc1. The first kappa shape index (κ1) is 12.9. The minimum absolute atomic E-state index is 0.187. The summed E-state index contributed by atoms with van der Waals surface area (Å²) in [6.07, 6.45) is 0.286. The highest BCUT2D eigenvalue weighted by molar-refractivity contribution is 5.89. The van der Waals surface area contributed by atoms with Crippen LogP contribution in [0.1, 0.15) is 13.3 Å². The Bertz CT molecular complexity index is 410. The van der Waals surface area contributed by atoms with Gasteiger partial charge < -0.3 is 20.5 Å². The van der Waals surface area contributed by atoms with Crippen molar-refractivity contribution in [3.63, 3.8) is 0 Å². The van der Waals surface area contributed by atoms with E-state index in [1.165, 1.54) is 0 Å². The molecule has 0 saturated carbocycles. The first-order chi connectivity index (χ1) is 8.60. The fourth-order valence-corrected chi connectivity index (χ4v) is 1.93. The molecule has 0 radical (unpaired) electrons. The van der Waals surface area contributed by atoms with Gasteiger partial charge in [0.25, 0.3) is 0 Å². The maximum absolute atomic E-state index is 11.6. The molecule has 5 nitrogen and oxygen atoms in total. The van der Waals surface area contributed by atoms with Crippen LogP contribution in [0.3, 0.4) is 0 Å². The van der Waals surface area contributed by atoms with E-state index in [0.717, 1.165) is 5.69 Å². The van der Waals surface area contributed by atoms with E-state index in [2.05, 4.69) is 10.6 Å². The highest BCUT2D eigenvalue weighted by Gasteiger charge is 2.39. The maximum Gasteiger partial charge on any atom is 0.319 e. The molecule has 0 aromatic heterocycles. The molecule has 1 aliphatic heterocycles. The van der Waals surface area contributed by atoms with Crippen molar-refractivity contribution in [1.29, 1.82) is 0 Å². The number of hydrogen-bond donors (Lipinski definition) is 3. The Balaban J connectivity index is 1.82. The molecule has 0 spiro atoms. The lowest BCUT2D eigenvalue weighted by atomic mass is 9.97. The maximum atomic E-state index is 11.6. The number of benzene rings is 1. The van der Waals surface area contributed by atoms with Crippen molar-refractivity contribution in [2.75, 3.05) is 18.5 Å². The minimum atomic E-state index is -0.964. The third kappa shape index (κ3) is 3.00. The van der Waals surface area contributed by atoms with E-state index in [9.17, 15) is 9.90 Å². The number of anilines is 1. The molecule has 1 saturated heterocycles. The van der Waals surface area contributed by atoms with Gasteiger partial charge in [0.1, 0.15) is 5.60 Å². The summed E-state index contributed by atoms with van der Waals surface area (Å²) in [6, 6.07) is 8.84. The topological polar surface area (TPSA) is 70.6 Å². The first-order valence-corrected chi connectivity index (χ1v) is 6.04. The predicted molar refractivity (Wildman–Crippen MR) is 68.4 cm³/mol. The molecule has 2 atom stereocenters. The summed E-state index contributed by atoms with van der Waals surface area (Å²) in [4.78, 5) is 11.6. The largest absolute Gasteiger partial charge is 0.385 e. The lowest BCUT2D eigenvalue weighted by Gasteiger charge is -2.26. The molecule has 98 valence electrons. The number of nitrogens with one attached hydrogen (secondary N) is 2. The number of hydrogen-bond acceptors (Lipinski definition) is 3. The van der Waals surface area contributed by atoms with Crippen molar-refractivity contribution in [2.24, 2.45) is 0 Å². The third-order valence-corrected chi connectivity index (χ3v) is 3.25. The van der Waals surface area contributed by atoms with Gasteiger partial charge in [0.05, 0.1) is 12.6 Å². The molecule has 1 aromatic rings. The fraction of sp³-hybridized carbons (Fsp3) is 0.462. The van der Waals surface area contributed by atoms with E-state index in [-0.39, 0.29) is 18.7 Å². The lowest BCUT2D eigenvalue weighted by Crippen LogP contribution is -2.48. The monoisotopic (exact) mass is 250 g/mol. The summed E-state index contributed by atoms with van der Waals surface area (Å²) >= 11 is 0. The molecule has 0 bridgehead atoms. The number of rotatable bonds is 3. The Morgan fingerprint density at radius 2 is 2.22 bits per heavy atom. The minimum Gasteiger partial charge on any atom is -0.385 e. The predicted octanol–water partition coefficient (Wildman–Crippen LogP) is 1.35. The average molecular weight is 250 g/mol. The molecular formula is C13H18N2O3. The molecule has 1 aromatic carbocycles. The molecule has 18 heavy (non-hydrogen) atoms. The van der Waals surface area contributed by atoms with Gasteiger partial charge in [-0.1, -0.05) is 18.2 Å². The van der Waals surface area contributed by atoms with E-state index in [1.807, 2.05) is 25.1 Å². The molecule has 1 heterocycles. The highest BCUT2D eigenvalue weighted by atomic mass is 16.5. The summed E-state index contributed by atoms with van der Waals surface area (Å²) in [6.45, 7) is 2.52. The Labute approximate surface area is 106 Å². The van der Waals surface area contributed by atoms with E-state index < -0.39 is 5.60 Å². The molecule has 2 amide bonds. The van der Waals surface area contributed by atoms with Crippen molar-refractivity contribution < 1.29 is 14.6 Å². The zero-order valence-corrected chi connectivity index (χ0v) is 10.3. The molecule has 5 heteroatoms. The smallest absolute Gasteiger partial charge is 0.319 e. The Hall–Kier alpha value is -1.59. The second kappa shape index (κ2) is 5.37. The van der Waals surface area contributed by atoms with Crippen LogP contribution in [0.2, 0.25) is 0 Å². The van der Waals surface area contributed by atoms with Crippen LogP contribution in [0.4, 0.5) is 10.5 Å². The van der Waals surface area contributed by atoms with E-state index >= 15 is 0 Å². The van der Waals surface area contributed by atoms with Crippen molar-refractivity contribution in [3.05, 3.63) is 30.3 Å². The van der Waals surface area contributed by atoms with Crippen molar-refractivity contribution in [1.82, 2.24) is 5.32 Å². The zero-order chi connectivity index (χ0) is 13.0. The molecular weight excluding hydrogens is 232 g/mol. The quantitative estimate of drug-likeness (QED) is 0.758. The second-order valence-corrected chi connectivity index (χ2v) is 4.54. The third-order valence-electron chi connectivity index (χ3n) is 3.25. The average Bonchev–Trinajstić information content (AvgIpc) is 2.69. The number of carbonyl (C=O) groups is 1. The summed E-state index contributed by atoms with van der Waals surface area (Å²) in [5, 5.41) is 15.6. The van der Waals surface area contributed by atoms with Gasteiger partial charge in [0.2, 0.25) is 0 Å². The number of urea groups is 1. The second-order valence-electron chi connectivity index (χ2n) is 4.54. The van der Waals surface area contributed by atoms with Gasteiger partial charge in [0, 0.05) is 18.7 Å². The molecule has 3 N–H and O–H groups in total. The normalized spacial score (nSPS) is 26.9. The van der Waals surface area contributed by atoms with Crippen molar-refractivity contribution in [3.8, 4) is 0 Å². The summed E-state index contributed by atoms with van der Waals surface area (Å²) in [5.41, 5.74) is -0.244. The van der Waals surface area contributed by atoms with Crippen LogP contribution in [0.25, 0.3) is 0 Å². The van der Waals surface area contributed by atoms with Crippen LogP contribution in [-0.2, 0) is 4.74 Å². The Kier molecular flexibility index (Phi) is 3.84. The van der Waals surface area contributed by atoms with E-state index in [1.54, 1.807) is 12.1 Å². The van der Waals surface area contributed by atoms with E-state index in [0.29, 0.717) is 13.0 Å². The van der Waals surface area contributed by atoms with Crippen LogP contribution < -0.4 is 10.6 Å². The van der Waals surface area contributed by atoms with Gasteiger partial charge in [-0.3, -0.25) is 0 Å². The van der Waals surface area contributed by atoms with Crippen LogP contribution in [-0.4, -0.2) is 36.0 Å². The number of carbonyl (C=O) groups excluding carboxylic acids is 1. The molecule has 2 unspecified atom stereocenters. The molecule has 0 aliphatic carbocycles. The summed E-state index contributed by atoms with van der Waals surface area (Å²) in [5.74, 6) is 0. The van der Waals surface area contributed by atoms with Gasteiger partial charge in [-0.15, -0.1) is 0 Å². The summed E-state index contributed by atoms with van der Waals surface area (Å²) < 4.78 is 5.30. The Morgan fingerprint density at radius 1 is 1.50 bits per heavy atom. The van der Waals surface area contributed by atoms with Crippen LogP contribution in [0.5, 0.6) is 0 Å². The summed E-state index contributed by atoms with van der Waals surface area (Å²) in [7, 11) is 0. The number of ether oxygens (including phenoxy) is 1. The molecule has 1 fully saturated rings. The van der Waals surface area contributed by atoms with Crippen molar-refractivity contribution in [2.45, 2.75) is 25.0 Å². The van der Waals surface area contributed by atoms with Gasteiger partial charge in [0.15, 0.2) is 0 Å². The number of para-hydroxylation sites is 1. The van der Waals surface area contributed by atoms with Gasteiger partial charge in [-0.05, 0) is 19.1 Å². The lowest BCUT2D eigenvalue weighted by molar-refractivity contribution is -0.0241. The zero-order valence-electron chi connectivity index (χ0n) is 10.3. The van der Waals surface area contributed by atoms with Crippen molar-refractivity contribution >= 4 is 11.7 Å². The van der Waals surface area contributed by atoms with Crippen LogP contribution in [0, 0.1) is 0 Å². The van der Waals surface area contributed by atoms with Crippen LogP contribution in [0.15, 0.2) is 30.3 Å². The standard InChI is InChI=1S/C13H18N2O3/c1-10-13(17,7-8-18-10)9-14-12(16)15-11-5-3-2-4-6-11/h2-6,10,17H,7-9H2,1H3,(H2,14,15,16). The first-order valence-electron chi connectivity index (χ1n) is 6.04. The fourth-order valence-electron chi connectivity index (χ4n) is 1.93. The molecule has 1 aliphatic rings. The van der Waals surface area contributed by atoms with Gasteiger partial charge >= 0.3 is 6.03 Å². The number of amides is 2. The Morgan fingerprint density at radius 3 is 2.83 bits per heavy atom. The van der Waals surface area contributed by atoms with E-state index in [4.69, 9.17) is 4.74 Å². The molecule has 2 rings (SSSR count). The highest BCUT2D eigenvalue weighted by Crippen LogP contribution is 2.24. The van der Waals surface area contributed by atoms with Crippen LogP contribution >= 0.6 is 0 Å². The van der Waals surface area contributed by atoms with Gasteiger partial charge in [-0.2, -0.15) is 0 Å². The van der Waals surface area contributed by atoms with Gasteiger partial charge in [-0.25, -0.2) is 4.79 Å². The number of aliphatic hydroxyl groups is 1.